The van der Waals surface area contributed by atoms with Gasteiger partial charge in [0.15, 0.2) is 0 Å². The highest BCUT2D eigenvalue weighted by atomic mass is 79.9. The van der Waals surface area contributed by atoms with Crippen LogP contribution in [0, 0.1) is 12.8 Å². The summed E-state index contributed by atoms with van der Waals surface area (Å²) < 4.78 is 1.06. The highest BCUT2D eigenvalue weighted by Crippen LogP contribution is 2.24. The predicted molar refractivity (Wildman–Crippen MR) is 75.1 cm³/mol. The van der Waals surface area contributed by atoms with Gasteiger partial charge in [-0.05, 0) is 24.6 Å². The van der Waals surface area contributed by atoms with Crippen LogP contribution in [-0.2, 0) is 4.79 Å². The second-order valence-corrected chi connectivity index (χ2v) is 5.47. The quantitative estimate of drug-likeness (QED) is 0.875. The Hall–Kier alpha value is -1.07. The minimum absolute atomic E-state index is 0.354. The molecule has 1 atom stereocenters. The predicted octanol–water partition coefficient (Wildman–Crippen LogP) is 1.87. The van der Waals surface area contributed by atoms with E-state index in [2.05, 4.69) is 32.2 Å². The minimum Gasteiger partial charge on any atom is -0.481 e. The molecule has 0 amide bonds. The molecule has 18 heavy (non-hydrogen) atoms. The Kier molecular flexibility index (Phi) is 4.24. The second-order valence-electron chi connectivity index (χ2n) is 4.62. The van der Waals surface area contributed by atoms with Crippen LogP contribution in [0.5, 0.6) is 0 Å². The number of nitrogens with one attached hydrogen (secondary N) is 1. The molecule has 98 valence electrons. The van der Waals surface area contributed by atoms with E-state index in [-0.39, 0.29) is 5.92 Å². The van der Waals surface area contributed by atoms with E-state index in [1.54, 1.807) is 0 Å². The topological polar surface area (TPSA) is 52.6 Å². The maximum absolute atomic E-state index is 11.1. The molecule has 0 bridgehead atoms. The van der Waals surface area contributed by atoms with Crippen LogP contribution in [-0.4, -0.2) is 37.3 Å². The number of halogens is 1. The van der Waals surface area contributed by atoms with E-state index in [4.69, 9.17) is 5.11 Å². The lowest BCUT2D eigenvalue weighted by molar-refractivity contribution is -0.141. The standard InChI is InChI=1S/C13H17BrN2O2/c1-9-2-3-11(6-12(9)14)16-5-4-15-7-10(8-16)13(17)18/h2-3,6,10,15H,4-5,7-8H2,1H3,(H,17,18). The number of aryl methyl sites for hydroxylation is 1. The summed E-state index contributed by atoms with van der Waals surface area (Å²) in [5.41, 5.74) is 2.25. The highest BCUT2D eigenvalue weighted by Gasteiger charge is 2.23. The van der Waals surface area contributed by atoms with Gasteiger partial charge in [0.05, 0.1) is 5.92 Å². The smallest absolute Gasteiger partial charge is 0.309 e. The van der Waals surface area contributed by atoms with E-state index in [9.17, 15) is 4.79 Å². The zero-order chi connectivity index (χ0) is 13.1. The molecule has 0 saturated carbocycles. The lowest BCUT2D eigenvalue weighted by atomic mass is 10.1. The molecule has 1 unspecified atom stereocenters. The first kappa shape index (κ1) is 13.4. The summed E-state index contributed by atoms with van der Waals surface area (Å²) >= 11 is 3.52. The molecule has 1 aromatic carbocycles. The Balaban J connectivity index is 2.19. The molecule has 1 aliphatic heterocycles. The fraction of sp³-hybridized carbons (Fsp3) is 0.462. The van der Waals surface area contributed by atoms with Gasteiger partial charge in [0.2, 0.25) is 0 Å². The van der Waals surface area contributed by atoms with Crippen molar-refractivity contribution in [3.63, 3.8) is 0 Å². The number of aliphatic carboxylic acids is 1. The summed E-state index contributed by atoms with van der Waals surface area (Å²) in [6.07, 6.45) is 0. The highest BCUT2D eigenvalue weighted by molar-refractivity contribution is 9.10. The molecule has 1 aromatic rings. The summed E-state index contributed by atoms with van der Waals surface area (Å²) in [7, 11) is 0. The third-order valence-corrected chi connectivity index (χ3v) is 4.11. The van der Waals surface area contributed by atoms with E-state index < -0.39 is 5.97 Å². The van der Waals surface area contributed by atoms with Crippen molar-refractivity contribution < 1.29 is 9.90 Å². The molecule has 2 N–H and O–H groups in total. The zero-order valence-electron chi connectivity index (χ0n) is 10.3. The number of rotatable bonds is 2. The van der Waals surface area contributed by atoms with Crippen molar-refractivity contribution in [3.05, 3.63) is 28.2 Å². The van der Waals surface area contributed by atoms with Gasteiger partial charge >= 0.3 is 5.97 Å². The van der Waals surface area contributed by atoms with E-state index in [1.165, 1.54) is 5.56 Å². The van der Waals surface area contributed by atoms with E-state index in [0.29, 0.717) is 13.1 Å². The van der Waals surface area contributed by atoms with Crippen molar-refractivity contribution in [2.45, 2.75) is 6.92 Å². The van der Waals surface area contributed by atoms with Gasteiger partial charge in [0.1, 0.15) is 0 Å². The molecule has 1 fully saturated rings. The molecule has 0 radical (unpaired) electrons. The molecule has 1 aliphatic rings. The Bertz CT molecular complexity index is 451. The summed E-state index contributed by atoms with van der Waals surface area (Å²) in [5.74, 6) is -1.09. The normalized spacial score (nSPS) is 20.6. The molecular weight excluding hydrogens is 296 g/mol. The fourth-order valence-corrected chi connectivity index (χ4v) is 2.46. The van der Waals surface area contributed by atoms with Crippen LogP contribution < -0.4 is 10.2 Å². The van der Waals surface area contributed by atoms with Gasteiger partial charge < -0.3 is 15.3 Å². The Labute approximate surface area is 115 Å². The molecule has 0 aliphatic carbocycles. The summed E-state index contributed by atoms with van der Waals surface area (Å²) in [5, 5.41) is 12.3. The van der Waals surface area contributed by atoms with Crippen LogP contribution >= 0.6 is 15.9 Å². The van der Waals surface area contributed by atoms with E-state index in [0.717, 1.165) is 23.2 Å². The molecule has 4 nitrogen and oxygen atoms in total. The molecule has 5 heteroatoms. The summed E-state index contributed by atoms with van der Waals surface area (Å²) in [4.78, 5) is 13.3. The van der Waals surface area contributed by atoms with E-state index >= 15 is 0 Å². The van der Waals surface area contributed by atoms with Crippen molar-refractivity contribution in [2.75, 3.05) is 31.1 Å². The van der Waals surface area contributed by atoms with Gasteiger partial charge in [-0.3, -0.25) is 4.79 Å². The number of carboxylic acid groups (broad SMARTS) is 1. The van der Waals surface area contributed by atoms with Crippen LogP contribution in [0.2, 0.25) is 0 Å². The van der Waals surface area contributed by atoms with Gasteiger partial charge in [0.25, 0.3) is 0 Å². The minimum atomic E-state index is -0.736. The van der Waals surface area contributed by atoms with Crippen LogP contribution in [0.4, 0.5) is 5.69 Å². The first-order valence-corrected chi connectivity index (χ1v) is 6.82. The average molecular weight is 313 g/mol. The number of hydrogen-bond acceptors (Lipinski definition) is 3. The number of carbonyl (C=O) groups is 1. The molecule has 2 rings (SSSR count). The lowest BCUT2D eigenvalue weighted by Crippen LogP contribution is -2.33. The maximum Gasteiger partial charge on any atom is 0.309 e. The first-order chi connectivity index (χ1) is 8.58. The number of hydrogen-bond donors (Lipinski definition) is 2. The number of nitrogens with zero attached hydrogens (tertiary/aromatic N) is 1. The van der Waals surface area contributed by atoms with Crippen LogP contribution in [0.15, 0.2) is 22.7 Å². The van der Waals surface area contributed by atoms with Gasteiger partial charge in [0, 0.05) is 36.3 Å². The number of anilines is 1. The Morgan fingerprint density at radius 3 is 3.00 bits per heavy atom. The van der Waals surface area contributed by atoms with Gasteiger partial charge in [-0.2, -0.15) is 0 Å². The summed E-state index contributed by atoms with van der Waals surface area (Å²) in [6, 6.07) is 6.15. The number of carboxylic acids is 1. The van der Waals surface area contributed by atoms with Crippen molar-refractivity contribution in [1.29, 1.82) is 0 Å². The lowest BCUT2D eigenvalue weighted by Gasteiger charge is -2.25. The third-order valence-electron chi connectivity index (χ3n) is 3.26. The summed E-state index contributed by atoms with van der Waals surface area (Å²) in [6.45, 7) is 4.78. The molecule has 0 aromatic heterocycles. The van der Waals surface area contributed by atoms with Crippen LogP contribution in [0.25, 0.3) is 0 Å². The van der Waals surface area contributed by atoms with Gasteiger partial charge in [-0.1, -0.05) is 22.0 Å². The van der Waals surface area contributed by atoms with Crippen molar-refractivity contribution in [3.8, 4) is 0 Å². The Morgan fingerprint density at radius 2 is 2.33 bits per heavy atom. The first-order valence-electron chi connectivity index (χ1n) is 6.02. The second kappa shape index (κ2) is 5.71. The molecule has 1 heterocycles. The SMILES string of the molecule is Cc1ccc(N2CCNCC(C(=O)O)C2)cc1Br. The monoisotopic (exact) mass is 312 g/mol. The molecule has 1 saturated heterocycles. The fourth-order valence-electron chi connectivity index (χ4n) is 2.09. The maximum atomic E-state index is 11.1. The van der Waals surface area contributed by atoms with Crippen molar-refractivity contribution in [2.24, 2.45) is 5.92 Å². The van der Waals surface area contributed by atoms with Gasteiger partial charge in [-0.15, -0.1) is 0 Å². The van der Waals surface area contributed by atoms with Crippen molar-refractivity contribution >= 4 is 27.6 Å². The third kappa shape index (κ3) is 3.03. The largest absolute Gasteiger partial charge is 0.481 e. The average Bonchev–Trinajstić information content (AvgIpc) is 2.58. The number of benzene rings is 1. The molecular formula is C13H17BrN2O2. The Morgan fingerprint density at radius 1 is 1.56 bits per heavy atom. The van der Waals surface area contributed by atoms with Crippen LogP contribution in [0.3, 0.4) is 0 Å². The van der Waals surface area contributed by atoms with E-state index in [1.807, 2.05) is 19.1 Å². The molecule has 0 spiro atoms. The van der Waals surface area contributed by atoms with Gasteiger partial charge in [-0.25, -0.2) is 0 Å². The van der Waals surface area contributed by atoms with Crippen molar-refractivity contribution in [1.82, 2.24) is 5.32 Å². The zero-order valence-corrected chi connectivity index (χ0v) is 11.9. The van der Waals surface area contributed by atoms with Crippen LogP contribution in [0.1, 0.15) is 5.56 Å².